The Morgan fingerprint density at radius 1 is 1.36 bits per heavy atom. The first-order valence-corrected chi connectivity index (χ1v) is 5.25. The van der Waals surface area contributed by atoms with Crippen molar-refractivity contribution in [3.8, 4) is 0 Å². The van der Waals surface area contributed by atoms with Crippen molar-refractivity contribution >= 4 is 5.69 Å². The second kappa shape index (κ2) is 4.01. The highest BCUT2D eigenvalue weighted by Crippen LogP contribution is 2.32. The van der Waals surface area contributed by atoms with Crippen LogP contribution in [0.4, 0.5) is 5.69 Å². The van der Waals surface area contributed by atoms with Gasteiger partial charge in [0.1, 0.15) is 0 Å². The fourth-order valence-corrected chi connectivity index (χ4v) is 2.03. The number of nitrogens with one attached hydrogen (secondary N) is 1. The Bertz CT molecular complexity index is 307. The third-order valence-electron chi connectivity index (χ3n) is 2.86. The van der Waals surface area contributed by atoms with Crippen LogP contribution in [0.15, 0.2) is 24.3 Å². The van der Waals surface area contributed by atoms with Crippen molar-refractivity contribution in [2.45, 2.75) is 12.3 Å². The summed E-state index contributed by atoms with van der Waals surface area (Å²) in [6, 6.07) is 8.65. The van der Waals surface area contributed by atoms with Gasteiger partial charge in [0, 0.05) is 18.2 Å². The van der Waals surface area contributed by atoms with E-state index in [0.29, 0.717) is 5.92 Å². The first-order chi connectivity index (χ1) is 6.77. The van der Waals surface area contributed by atoms with Crippen molar-refractivity contribution in [3.63, 3.8) is 0 Å². The molecule has 1 aliphatic heterocycles. The van der Waals surface area contributed by atoms with E-state index in [4.69, 9.17) is 0 Å². The van der Waals surface area contributed by atoms with Gasteiger partial charge in [0.05, 0.1) is 0 Å². The van der Waals surface area contributed by atoms with Crippen LogP contribution >= 0.6 is 0 Å². The molecule has 0 bridgehead atoms. The van der Waals surface area contributed by atoms with Crippen LogP contribution in [0.5, 0.6) is 0 Å². The van der Waals surface area contributed by atoms with Gasteiger partial charge in [-0.25, -0.2) is 0 Å². The van der Waals surface area contributed by atoms with Crippen LogP contribution in [0.3, 0.4) is 0 Å². The van der Waals surface area contributed by atoms with E-state index in [1.807, 2.05) is 0 Å². The molecule has 2 rings (SSSR count). The van der Waals surface area contributed by atoms with Crippen LogP contribution in [0.1, 0.15) is 17.9 Å². The molecule has 0 saturated carbocycles. The fourth-order valence-electron chi connectivity index (χ4n) is 2.03. The lowest BCUT2D eigenvalue weighted by atomic mass is 9.98. The quantitative estimate of drug-likeness (QED) is 0.785. The standard InChI is InChI=1S/C12H18N2/c1-14(2)8-7-10-9-13-12-6-4-3-5-11(10)12/h3-6,10,13H,7-9H2,1-2H3. The zero-order chi connectivity index (χ0) is 9.97. The van der Waals surface area contributed by atoms with E-state index in [-0.39, 0.29) is 0 Å². The van der Waals surface area contributed by atoms with Gasteiger partial charge in [-0.3, -0.25) is 0 Å². The third-order valence-corrected chi connectivity index (χ3v) is 2.86. The number of para-hydroxylation sites is 1. The molecule has 14 heavy (non-hydrogen) atoms. The molecular weight excluding hydrogens is 172 g/mol. The molecule has 1 aliphatic rings. The Morgan fingerprint density at radius 2 is 2.14 bits per heavy atom. The third kappa shape index (κ3) is 1.90. The number of fused-ring (bicyclic) bond motifs is 1. The van der Waals surface area contributed by atoms with E-state index in [2.05, 4.69) is 48.6 Å². The molecule has 0 aliphatic carbocycles. The summed E-state index contributed by atoms with van der Waals surface area (Å²) in [4.78, 5) is 2.25. The Labute approximate surface area is 85.9 Å². The Morgan fingerprint density at radius 3 is 2.93 bits per heavy atom. The molecule has 1 aromatic carbocycles. The highest BCUT2D eigenvalue weighted by atomic mass is 15.0. The summed E-state index contributed by atoms with van der Waals surface area (Å²) < 4.78 is 0. The van der Waals surface area contributed by atoms with Gasteiger partial charge in [-0.05, 0) is 38.7 Å². The molecule has 0 amide bonds. The normalized spacial score (nSPS) is 19.5. The van der Waals surface area contributed by atoms with Gasteiger partial charge in [0.15, 0.2) is 0 Å². The predicted octanol–water partition coefficient (Wildman–Crippen LogP) is 2.15. The molecule has 0 fully saturated rings. The maximum atomic E-state index is 3.46. The summed E-state index contributed by atoms with van der Waals surface area (Å²) in [7, 11) is 4.27. The molecule has 2 nitrogen and oxygen atoms in total. The minimum Gasteiger partial charge on any atom is -0.384 e. The van der Waals surface area contributed by atoms with Crippen LogP contribution in [0, 0.1) is 0 Å². The molecule has 1 N–H and O–H groups in total. The van der Waals surface area contributed by atoms with Gasteiger partial charge >= 0.3 is 0 Å². The molecule has 1 unspecified atom stereocenters. The molecule has 0 spiro atoms. The number of benzene rings is 1. The van der Waals surface area contributed by atoms with E-state index < -0.39 is 0 Å². The Balaban J connectivity index is 2.03. The molecule has 0 aromatic heterocycles. The highest BCUT2D eigenvalue weighted by molar-refractivity contribution is 5.57. The molecular formula is C12H18N2. The van der Waals surface area contributed by atoms with Crippen molar-refractivity contribution in [3.05, 3.63) is 29.8 Å². The molecule has 1 heterocycles. The number of nitrogens with zero attached hydrogens (tertiary/aromatic N) is 1. The monoisotopic (exact) mass is 190 g/mol. The molecule has 76 valence electrons. The van der Waals surface area contributed by atoms with Crippen LogP contribution < -0.4 is 5.32 Å². The smallest absolute Gasteiger partial charge is 0.0376 e. The van der Waals surface area contributed by atoms with Gasteiger partial charge in [-0.2, -0.15) is 0 Å². The van der Waals surface area contributed by atoms with Crippen molar-refractivity contribution in [1.29, 1.82) is 0 Å². The molecule has 2 heteroatoms. The van der Waals surface area contributed by atoms with Crippen molar-refractivity contribution in [2.75, 3.05) is 32.5 Å². The van der Waals surface area contributed by atoms with Crippen LogP contribution in [-0.2, 0) is 0 Å². The first kappa shape index (κ1) is 9.53. The second-order valence-electron chi connectivity index (χ2n) is 4.26. The van der Waals surface area contributed by atoms with Gasteiger partial charge < -0.3 is 10.2 Å². The summed E-state index contributed by atoms with van der Waals surface area (Å²) in [6.07, 6.45) is 1.25. The zero-order valence-electron chi connectivity index (χ0n) is 8.96. The summed E-state index contributed by atoms with van der Waals surface area (Å²) in [5.41, 5.74) is 2.82. The number of hydrogen-bond acceptors (Lipinski definition) is 2. The summed E-state index contributed by atoms with van der Waals surface area (Å²) in [6.45, 7) is 2.27. The summed E-state index contributed by atoms with van der Waals surface area (Å²) in [5, 5.41) is 3.46. The van der Waals surface area contributed by atoms with Crippen molar-refractivity contribution in [1.82, 2.24) is 4.90 Å². The average Bonchev–Trinajstić information content (AvgIpc) is 2.58. The Hall–Kier alpha value is -1.02. The topological polar surface area (TPSA) is 15.3 Å². The minimum atomic E-state index is 0.702. The largest absolute Gasteiger partial charge is 0.384 e. The minimum absolute atomic E-state index is 0.702. The number of hydrogen-bond donors (Lipinski definition) is 1. The first-order valence-electron chi connectivity index (χ1n) is 5.25. The van der Waals surface area contributed by atoms with Gasteiger partial charge in [-0.15, -0.1) is 0 Å². The van der Waals surface area contributed by atoms with Crippen LogP contribution in [0.25, 0.3) is 0 Å². The van der Waals surface area contributed by atoms with Crippen molar-refractivity contribution in [2.24, 2.45) is 0 Å². The van der Waals surface area contributed by atoms with E-state index in [0.717, 1.165) is 6.54 Å². The number of anilines is 1. The molecule has 1 aromatic rings. The maximum absolute atomic E-state index is 3.46. The average molecular weight is 190 g/mol. The van der Waals surface area contributed by atoms with Gasteiger partial charge in [0.25, 0.3) is 0 Å². The lowest BCUT2D eigenvalue weighted by Gasteiger charge is -2.14. The van der Waals surface area contributed by atoms with Crippen LogP contribution in [0.2, 0.25) is 0 Å². The Kier molecular flexibility index (Phi) is 2.73. The van der Waals surface area contributed by atoms with E-state index in [1.165, 1.54) is 24.2 Å². The van der Waals surface area contributed by atoms with Crippen LogP contribution in [-0.4, -0.2) is 32.1 Å². The number of rotatable bonds is 3. The molecule has 0 radical (unpaired) electrons. The lowest BCUT2D eigenvalue weighted by molar-refractivity contribution is 0.386. The SMILES string of the molecule is CN(C)CCC1CNc2ccccc21. The van der Waals surface area contributed by atoms with E-state index >= 15 is 0 Å². The highest BCUT2D eigenvalue weighted by Gasteiger charge is 2.20. The fraction of sp³-hybridized carbons (Fsp3) is 0.500. The molecule has 0 saturated heterocycles. The molecule has 1 atom stereocenters. The maximum Gasteiger partial charge on any atom is 0.0376 e. The van der Waals surface area contributed by atoms with Gasteiger partial charge in [0.2, 0.25) is 0 Å². The lowest BCUT2D eigenvalue weighted by Crippen LogP contribution is -2.16. The van der Waals surface area contributed by atoms with Crippen molar-refractivity contribution < 1.29 is 0 Å². The summed E-state index contributed by atoms with van der Waals surface area (Å²) >= 11 is 0. The second-order valence-corrected chi connectivity index (χ2v) is 4.26. The van der Waals surface area contributed by atoms with E-state index in [1.54, 1.807) is 0 Å². The predicted molar refractivity (Wildman–Crippen MR) is 60.8 cm³/mol. The van der Waals surface area contributed by atoms with Gasteiger partial charge in [-0.1, -0.05) is 18.2 Å². The summed E-state index contributed by atoms with van der Waals surface area (Å²) in [5.74, 6) is 0.702. The zero-order valence-corrected chi connectivity index (χ0v) is 8.96. The van der Waals surface area contributed by atoms with E-state index in [9.17, 15) is 0 Å².